The van der Waals surface area contributed by atoms with Crippen LogP contribution in [0.25, 0.3) is 0 Å². The van der Waals surface area contributed by atoms with Crippen molar-refractivity contribution in [3.8, 4) is 5.75 Å². The third-order valence-corrected chi connectivity index (χ3v) is 3.71. The molecule has 0 radical (unpaired) electrons. The molecule has 0 saturated carbocycles. The fraction of sp³-hybridized carbons (Fsp3) is 0.250. The topological polar surface area (TPSA) is 41.5 Å². The molecule has 84 valence electrons. The van der Waals surface area contributed by atoms with Gasteiger partial charge in [0.05, 0.1) is 11.6 Å². The summed E-state index contributed by atoms with van der Waals surface area (Å²) in [6.45, 7) is -1.56. The smallest absolute Gasteiger partial charge is 0.169 e. The second kappa shape index (κ2) is 5.62. The molecule has 0 heterocycles. The van der Waals surface area contributed by atoms with E-state index in [1.165, 1.54) is 0 Å². The van der Waals surface area contributed by atoms with Crippen molar-refractivity contribution < 1.29 is 13.9 Å². The van der Waals surface area contributed by atoms with Gasteiger partial charge in [0, 0.05) is 4.47 Å². The Morgan fingerprint density at radius 3 is 2.80 bits per heavy atom. The van der Waals surface area contributed by atoms with E-state index in [1.54, 1.807) is 25.1 Å². The van der Waals surface area contributed by atoms with Crippen LogP contribution in [0.4, 0.5) is 0 Å². The number of benzene rings is 1. The van der Waals surface area contributed by atoms with Gasteiger partial charge in [0.1, 0.15) is 5.75 Å². The molecule has 0 bridgehead atoms. The quantitative estimate of drug-likeness (QED) is 0.796. The lowest BCUT2D eigenvalue weighted by Crippen LogP contribution is -2.10. The normalized spacial score (nSPS) is 14.7. The summed E-state index contributed by atoms with van der Waals surface area (Å²) in [6, 6.07) is 4.91. The van der Waals surface area contributed by atoms with Crippen LogP contribution in [-0.4, -0.2) is 6.61 Å². The van der Waals surface area contributed by atoms with E-state index >= 15 is 0 Å². The van der Waals surface area contributed by atoms with E-state index in [9.17, 15) is 4.89 Å². The Hall–Kier alpha value is 0.360. The van der Waals surface area contributed by atoms with Crippen molar-refractivity contribution in [1.29, 1.82) is 0 Å². The van der Waals surface area contributed by atoms with E-state index in [1.807, 2.05) is 0 Å². The third kappa shape index (κ3) is 4.39. The summed E-state index contributed by atoms with van der Waals surface area (Å²) in [5, 5.41) is 0.328. The van der Waals surface area contributed by atoms with E-state index in [2.05, 4.69) is 27.7 Å². The summed E-state index contributed by atoms with van der Waals surface area (Å²) in [6.07, 6.45) is 0. The summed E-state index contributed by atoms with van der Waals surface area (Å²) >= 11 is 13.8. The van der Waals surface area contributed by atoms with E-state index < -0.39 is 6.72 Å². The van der Waals surface area contributed by atoms with Gasteiger partial charge in [-0.05, 0) is 36.9 Å². The van der Waals surface area contributed by atoms with E-state index in [-0.39, 0.29) is 12.4 Å². The highest BCUT2D eigenvalue weighted by atomic mass is 79.9. The van der Waals surface area contributed by atoms with Crippen LogP contribution >= 0.6 is 34.2 Å². The van der Waals surface area contributed by atoms with Gasteiger partial charge < -0.3 is 13.9 Å². The standard InChI is InChI=1S/C8H9BrClO3PS/c1-2-12-14(11,15)13-8-4-3-6(9)5-7(8)10/h3-5H,2H2,1H3,(H,11,15)/p-1. The molecule has 0 amide bonds. The molecule has 1 rings (SSSR count). The highest BCUT2D eigenvalue weighted by Gasteiger charge is 2.08. The van der Waals surface area contributed by atoms with Crippen LogP contribution in [0, 0.1) is 0 Å². The van der Waals surface area contributed by atoms with Crippen LogP contribution in [0.3, 0.4) is 0 Å². The summed E-state index contributed by atoms with van der Waals surface area (Å²) in [5.41, 5.74) is 0. The van der Waals surface area contributed by atoms with Crippen LogP contribution in [0.15, 0.2) is 22.7 Å². The number of halogens is 2. The van der Waals surface area contributed by atoms with Gasteiger partial charge in [-0.1, -0.05) is 27.5 Å². The van der Waals surface area contributed by atoms with E-state index in [4.69, 9.17) is 20.6 Å². The van der Waals surface area contributed by atoms with Gasteiger partial charge in [-0.2, -0.15) is 0 Å². The third-order valence-electron chi connectivity index (χ3n) is 1.39. The molecule has 1 unspecified atom stereocenters. The van der Waals surface area contributed by atoms with Crippen LogP contribution in [0.1, 0.15) is 6.92 Å². The minimum Gasteiger partial charge on any atom is -0.770 e. The molecule has 15 heavy (non-hydrogen) atoms. The molecular formula is C8H8BrClO3PS-. The maximum absolute atomic E-state index is 11.5. The van der Waals surface area contributed by atoms with Gasteiger partial charge in [-0.15, -0.1) is 0 Å². The number of hydrogen-bond acceptors (Lipinski definition) is 4. The summed E-state index contributed by atoms with van der Waals surface area (Å²) in [7, 11) is 0. The Morgan fingerprint density at radius 1 is 1.60 bits per heavy atom. The maximum Gasteiger partial charge on any atom is 0.169 e. The highest BCUT2D eigenvalue weighted by molar-refractivity contribution is 9.10. The van der Waals surface area contributed by atoms with E-state index in [0.717, 1.165) is 4.47 Å². The Morgan fingerprint density at radius 2 is 2.27 bits per heavy atom. The second-order valence-electron chi connectivity index (χ2n) is 2.53. The molecule has 0 aliphatic carbocycles. The fourth-order valence-electron chi connectivity index (χ4n) is 0.854. The summed E-state index contributed by atoms with van der Waals surface area (Å²) in [5.74, 6) is 0.256. The van der Waals surface area contributed by atoms with E-state index in [0.29, 0.717) is 5.02 Å². The first-order valence-corrected chi connectivity index (χ1v) is 7.77. The van der Waals surface area contributed by atoms with Crippen molar-refractivity contribution >= 4 is 46.1 Å². The number of rotatable bonds is 4. The van der Waals surface area contributed by atoms with Gasteiger partial charge >= 0.3 is 0 Å². The van der Waals surface area contributed by atoms with Crippen LogP contribution in [0.2, 0.25) is 5.02 Å². The highest BCUT2D eigenvalue weighted by Crippen LogP contribution is 2.42. The van der Waals surface area contributed by atoms with Crippen LogP contribution in [0.5, 0.6) is 5.75 Å². The lowest BCUT2D eigenvalue weighted by molar-refractivity contribution is -0.198. The van der Waals surface area contributed by atoms with Crippen molar-refractivity contribution in [3.05, 3.63) is 27.7 Å². The van der Waals surface area contributed by atoms with Gasteiger partial charge in [-0.3, -0.25) is 0 Å². The molecule has 7 heteroatoms. The molecule has 1 atom stereocenters. The van der Waals surface area contributed by atoms with Gasteiger partial charge in [-0.25, -0.2) is 0 Å². The zero-order chi connectivity index (χ0) is 11.5. The molecule has 0 aromatic heterocycles. The van der Waals surface area contributed by atoms with Crippen LogP contribution in [-0.2, 0) is 16.3 Å². The fourth-order valence-corrected chi connectivity index (χ4v) is 2.95. The zero-order valence-corrected chi connectivity index (χ0v) is 11.8. The predicted molar refractivity (Wildman–Crippen MR) is 65.7 cm³/mol. The van der Waals surface area contributed by atoms with Gasteiger partial charge in [0.25, 0.3) is 0 Å². The molecule has 0 saturated heterocycles. The van der Waals surface area contributed by atoms with Crippen molar-refractivity contribution in [3.63, 3.8) is 0 Å². The second-order valence-corrected chi connectivity index (χ2v) is 6.53. The minimum atomic E-state index is -3.47. The Balaban J connectivity index is 2.85. The predicted octanol–water partition coefficient (Wildman–Crippen LogP) is 3.10. The Bertz CT molecular complexity index is 401. The summed E-state index contributed by atoms with van der Waals surface area (Å²) < 4.78 is 10.6. The van der Waals surface area contributed by atoms with Crippen molar-refractivity contribution in [1.82, 2.24) is 0 Å². The molecule has 1 aromatic carbocycles. The Kier molecular flexibility index (Phi) is 5.03. The SMILES string of the molecule is CCOP([O-])(=S)Oc1ccc(Br)cc1Cl. The number of hydrogen-bond donors (Lipinski definition) is 0. The minimum absolute atomic E-state index is 0.231. The first-order valence-electron chi connectivity index (χ1n) is 4.05. The first-order chi connectivity index (χ1) is 6.94. The molecule has 3 nitrogen and oxygen atoms in total. The molecule has 0 aliphatic heterocycles. The molecule has 0 fully saturated rings. The maximum atomic E-state index is 11.5. The van der Waals surface area contributed by atoms with Crippen molar-refractivity contribution in [2.75, 3.05) is 6.61 Å². The molecule has 0 spiro atoms. The lowest BCUT2D eigenvalue weighted by atomic mass is 10.3. The average molecular weight is 331 g/mol. The molecular weight excluding hydrogens is 322 g/mol. The van der Waals surface area contributed by atoms with Crippen molar-refractivity contribution in [2.45, 2.75) is 6.92 Å². The molecule has 0 aliphatic rings. The zero-order valence-electron chi connectivity index (χ0n) is 7.78. The first kappa shape index (κ1) is 13.4. The lowest BCUT2D eigenvalue weighted by Gasteiger charge is -2.27. The van der Waals surface area contributed by atoms with Gasteiger partial charge in [0.15, 0.2) is 6.72 Å². The van der Waals surface area contributed by atoms with Crippen LogP contribution < -0.4 is 9.42 Å². The van der Waals surface area contributed by atoms with Crippen molar-refractivity contribution in [2.24, 2.45) is 0 Å². The molecule has 0 N–H and O–H groups in total. The largest absolute Gasteiger partial charge is 0.770 e. The Labute approximate surface area is 107 Å². The summed E-state index contributed by atoms with van der Waals surface area (Å²) in [4.78, 5) is 11.5. The molecule has 1 aromatic rings. The van der Waals surface area contributed by atoms with Gasteiger partial charge in [0.2, 0.25) is 0 Å². The monoisotopic (exact) mass is 329 g/mol. The average Bonchev–Trinajstić information content (AvgIpc) is 2.09.